The predicted molar refractivity (Wildman–Crippen MR) is 50.4 cm³/mol. The molecule has 4 heteroatoms. The van der Waals surface area contributed by atoms with Gasteiger partial charge in [-0.1, -0.05) is 13.3 Å². The monoisotopic (exact) mass is 181 g/mol. The fourth-order valence-corrected chi connectivity index (χ4v) is 1.10. The molecule has 1 heterocycles. The summed E-state index contributed by atoms with van der Waals surface area (Å²) in [7, 11) is 1.57. The Morgan fingerprint density at radius 1 is 1.46 bits per heavy atom. The summed E-state index contributed by atoms with van der Waals surface area (Å²) < 4.78 is 4.89. The van der Waals surface area contributed by atoms with E-state index in [1.54, 1.807) is 13.2 Å². The number of aromatic nitrogens is 2. The van der Waals surface area contributed by atoms with E-state index in [9.17, 15) is 0 Å². The van der Waals surface area contributed by atoms with Crippen LogP contribution >= 0.6 is 0 Å². The second-order valence-corrected chi connectivity index (χ2v) is 2.90. The van der Waals surface area contributed by atoms with Gasteiger partial charge in [-0.25, -0.2) is 0 Å². The van der Waals surface area contributed by atoms with Crippen molar-refractivity contribution in [1.29, 1.82) is 0 Å². The molecule has 1 rings (SSSR count). The molecule has 0 saturated carbocycles. The van der Waals surface area contributed by atoms with Crippen molar-refractivity contribution in [3.8, 4) is 5.88 Å². The minimum Gasteiger partial charge on any atom is -0.480 e. The van der Waals surface area contributed by atoms with E-state index in [4.69, 9.17) is 10.5 Å². The second kappa shape index (κ2) is 4.77. The van der Waals surface area contributed by atoms with E-state index < -0.39 is 0 Å². The van der Waals surface area contributed by atoms with Gasteiger partial charge in [0.15, 0.2) is 0 Å². The van der Waals surface area contributed by atoms with Gasteiger partial charge in [-0.3, -0.25) is 0 Å². The standard InChI is InChI=1S/C9H15N3O/c1-3-4-7(10)8-5-6-9(13-2)12-11-8/h5-7H,3-4,10H2,1-2H3. The molecule has 13 heavy (non-hydrogen) atoms. The molecule has 0 saturated heterocycles. The molecule has 0 aliphatic rings. The summed E-state index contributed by atoms with van der Waals surface area (Å²) in [4.78, 5) is 0. The van der Waals surface area contributed by atoms with Crippen molar-refractivity contribution < 1.29 is 4.74 Å². The average molecular weight is 181 g/mol. The first kappa shape index (κ1) is 9.92. The van der Waals surface area contributed by atoms with Crippen LogP contribution in [0.2, 0.25) is 0 Å². The van der Waals surface area contributed by atoms with Crippen LogP contribution in [0.5, 0.6) is 5.88 Å². The lowest BCUT2D eigenvalue weighted by molar-refractivity contribution is 0.390. The van der Waals surface area contributed by atoms with Crippen LogP contribution in [-0.4, -0.2) is 17.3 Å². The summed E-state index contributed by atoms with van der Waals surface area (Å²) in [5.41, 5.74) is 6.68. The molecule has 1 unspecified atom stereocenters. The molecule has 0 fully saturated rings. The fraction of sp³-hybridized carbons (Fsp3) is 0.556. The molecular weight excluding hydrogens is 166 g/mol. The summed E-state index contributed by atoms with van der Waals surface area (Å²) in [5.74, 6) is 0.521. The Morgan fingerprint density at radius 3 is 2.69 bits per heavy atom. The quantitative estimate of drug-likeness (QED) is 0.760. The van der Waals surface area contributed by atoms with Crippen LogP contribution in [0.1, 0.15) is 31.5 Å². The van der Waals surface area contributed by atoms with Crippen LogP contribution in [0.25, 0.3) is 0 Å². The number of hydrogen-bond acceptors (Lipinski definition) is 4. The zero-order valence-corrected chi connectivity index (χ0v) is 8.03. The maximum Gasteiger partial charge on any atom is 0.233 e. The highest BCUT2D eigenvalue weighted by Crippen LogP contribution is 2.13. The highest BCUT2D eigenvalue weighted by atomic mass is 16.5. The molecule has 72 valence electrons. The van der Waals surface area contributed by atoms with Crippen LogP contribution < -0.4 is 10.5 Å². The van der Waals surface area contributed by atoms with Gasteiger partial charge in [0.25, 0.3) is 0 Å². The third-order valence-corrected chi connectivity index (χ3v) is 1.85. The molecule has 0 amide bonds. The minimum absolute atomic E-state index is 0.0107. The summed E-state index contributed by atoms with van der Waals surface area (Å²) in [6.07, 6.45) is 1.98. The number of hydrogen-bond donors (Lipinski definition) is 1. The predicted octanol–water partition coefficient (Wildman–Crippen LogP) is 1.29. The van der Waals surface area contributed by atoms with Gasteiger partial charge in [0.05, 0.1) is 12.8 Å². The number of nitrogens with two attached hydrogens (primary N) is 1. The van der Waals surface area contributed by atoms with Gasteiger partial charge in [-0.05, 0) is 12.5 Å². The highest BCUT2D eigenvalue weighted by molar-refractivity contribution is 5.13. The summed E-state index contributed by atoms with van der Waals surface area (Å²) in [5, 5.41) is 7.82. The van der Waals surface area contributed by atoms with Gasteiger partial charge in [0, 0.05) is 12.1 Å². The molecule has 0 spiro atoms. The number of rotatable bonds is 4. The molecule has 0 aliphatic heterocycles. The highest BCUT2D eigenvalue weighted by Gasteiger charge is 2.06. The smallest absolute Gasteiger partial charge is 0.233 e. The lowest BCUT2D eigenvalue weighted by Crippen LogP contribution is -2.12. The van der Waals surface area contributed by atoms with Crippen LogP contribution in [-0.2, 0) is 0 Å². The van der Waals surface area contributed by atoms with Gasteiger partial charge < -0.3 is 10.5 Å². The molecule has 0 bridgehead atoms. The van der Waals surface area contributed by atoms with Crippen LogP contribution in [0.3, 0.4) is 0 Å². The zero-order chi connectivity index (χ0) is 9.68. The Kier molecular flexibility index (Phi) is 3.64. The van der Waals surface area contributed by atoms with Crippen molar-refractivity contribution in [3.63, 3.8) is 0 Å². The SMILES string of the molecule is CCCC(N)c1ccc(OC)nn1. The van der Waals surface area contributed by atoms with Gasteiger partial charge in [0.1, 0.15) is 0 Å². The molecule has 0 aliphatic carbocycles. The third kappa shape index (κ3) is 2.66. The maximum atomic E-state index is 5.85. The fourth-order valence-electron chi connectivity index (χ4n) is 1.10. The molecule has 0 aromatic carbocycles. The molecule has 1 aromatic heterocycles. The molecule has 2 N–H and O–H groups in total. The van der Waals surface area contributed by atoms with Crippen LogP contribution in [0, 0.1) is 0 Å². The normalized spacial score (nSPS) is 12.5. The Bertz CT molecular complexity index is 248. The van der Waals surface area contributed by atoms with Gasteiger partial charge >= 0.3 is 0 Å². The largest absolute Gasteiger partial charge is 0.480 e. The van der Waals surface area contributed by atoms with E-state index in [-0.39, 0.29) is 6.04 Å². The van der Waals surface area contributed by atoms with Gasteiger partial charge in [0.2, 0.25) is 5.88 Å². The average Bonchev–Trinajstić information content (AvgIpc) is 2.18. The number of methoxy groups -OCH3 is 1. The summed E-state index contributed by atoms with van der Waals surface area (Å²) in [6.45, 7) is 2.09. The van der Waals surface area contributed by atoms with Crippen molar-refractivity contribution >= 4 is 0 Å². The Hall–Kier alpha value is -1.16. The summed E-state index contributed by atoms with van der Waals surface area (Å²) >= 11 is 0. The molecule has 4 nitrogen and oxygen atoms in total. The van der Waals surface area contributed by atoms with E-state index in [1.807, 2.05) is 6.07 Å². The zero-order valence-electron chi connectivity index (χ0n) is 8.03. The first-order valence-electron chi connectivity index (χ1n) is 4.41. The maximum absolute atomic E-state index is 5.85. The first-order valence-corrected chi connectivity index (χ1v) is 4.41. The molecule has 0 radical (unpaired) electrons. The number of ether oxygens (including phenoxy) is 1. The number of nitrogens with zero attached hydrogens (tertiary/aromatic N) is 2. The van der Waals surface area contributed by atoms with E-state index in [1.165, 1.54) is 0 Å². The Morgan fingerprint density at radius 2 is 2.23 bits per heavy atom. The molecule has 1 atom stereocenters. The van der Waals surface area contributed by atoms with Crippen LogP contribution in [0.4, 0.5) is 0 Å². The second-order valence-electron chi connectivity index (χ2n) is 2.90. The van der Waals surface area contributed by atoms with Crippen molar-refractivity contribution in [3.05, 3.63) is 17.8 Å². The summed E-state index contributed by atoms with van der Waals surface area (Å²) in [6, 6.07) is 3.62. The van der Waals surface area contributed by atoms with Gasteiger partial charge in [-0.2, -0.15) is 5.10 Å². The Balaban J connectivity index is 2.67. The van der Waals surface area contributed by atoms with E-state index in [0.717, 1.165) is 18.5 Å². The topological polar surface area (TPSA) is 61.0 Å². The first-order chi connectivity index (χ1) is 6.27. The lowest BCUT2D eigenvalue weighted by atomic mass is 10.1. The van der Waals surface area contributed by atoms with E-state index in [2.05, 4.69) is 17.1 Å². The molecular formula is C9H15N3O. The van der Waals surface area contributed by atoms with Crippen molar-refractivity contribution in [2.45, 2.75) is 25.8 Å². The van der Waals surface area contributed by atoms with Crippen molar-refractivity contribution in [2.75, 3.05) is 7.11 Å². The van der Waals surface area contributed by atoms with E-state index >= 15 is 0 Å². The third-order valence-electron chi connectivity index (χ3n) is 1.85. The van der Waals surface area contributed by atoms with Crippen LogP contribution in [0.15, 0.2) is 12.1 Å². The minimum atomic E-state index is -0.0107. The van der Waals surface area contributed by atoms with Crippen molar-refractivity contribution in [2.24, 2.45) is 5.73 Å². The van der Waals surface area contributed by atoms with Crippen molar-refractivity contribution in [1.82, 2.24) is 10.2 Å². The molecule has 1 aromatic rings. The van der Waals surface area contributed by atoms with Gasteiger partial charge in [-0.15, -0.1) is 5.10 Å². The van der Waals surface area contributed by atoms with E-state index in [0.29, 0.717) is 5.88 Å². The lowest BCUT2D eigenvalue weighted by Gasteiger charge is -2.08. The Labute approximate surface area is 78.1 Å².